The van der Waals surface area contributed by atoms with Gasteiger partial charge < -0.3 is 9.80 Å². The maximum absolute atomic E-state index is 12.9. The molecule has 3 nitrogen and oxygen atoms in total. The number of hydrogen-bond donors (Lipinski definition) is 0. The number of amides is 1. The lowest BCUT2D eigenvalue weighted by molar-refractivity contribution is -0.114. The van der Waals surface area contributed by atoms with E-state index >= 15 is 0 Å². The van der Waals surface area contributed by atoms with E-state index in [1.807, 2.05) is 73.6 Å². The third kappa shape index (κ3) is 3.66. The lowest BCUT2D eigenvalue weighted by Crippen LogP contribution is -2.39. The van der Waals surface area contributed by atoms with Crippen LogP contribution in [0.25, 0.3) is 6.08 Å². The number of likely N-dealkylation sites (N-methyl/N-ethyl adjacent to an activating group) is 1. The minimum atomic E-state index is 0.0828. The molecule has 0 unspecified atom stereocenters. The van der Waals surface area contributed by atoms with Gasteiger partial charge in [0.15, 0.2) is 0 Å². The Morgan fingerprint density at radius 1 is 1.04 bits per heavy atom. The molecule has 0 N–H and O–H groups in total. The van der Waals surface area contributed by atoms with Crippen LogP contribution in [0.4, 0.5) is 5.69 Å². The molecule has 2 aromatic rings. The van der Waals surface area contributed by atoms with E-state index in [0.717, 1.165) is 27.6 Å². The number of nitrogens with zero attached hydrogens (tertiary/aromatic N) is 2. The SMILES string of the molecule is CN(C)CCN1C(=O)C(=Cc2ccccc2)Sc2ccccc21. The summed E-state index contributed by atoms with van der Waals surface area (Å²) in [5.74, 6) is 0.0828. The molecule has 0 spiro atoms. The van der Waals surface area contributed by atoms with E-state index < -0.39 is 0 Å². The molecule has 0 radical (unpaired) electrons. The minimum Gasteiger partial charge on any atom is -0.308 e. The van der Waals surface area contributed by atoms with E-state index in [2.05, 4.69) is 11.0 Å². The van der Waals surface area contributed by atoms with Crippen LogP contribution in [0.2, 0.25) is 0 Å². The normalized spacial score (nSPS) is 16.0. The smallest absolute Gasteiger partial charge is 0.265 e. The molecule has 0 fully saturated rings. The maximum atomic E-state index is 12.9. The molecule has 1 aliphatic rings. The number of anilines is 1. The molecule has 1 heterocycles. The first-order valence-corrected chi connectivity index (χ1v) is 8.47. The highest BCUT2D eigenvalue weighted by Crippen LogP contribution is 2.41. The van der Waals surface area contributed by atoms with E-state index in [1.54, 1.807) is 11.8 Å². The fraction of sp³-hybridized carbons (Fsp3) is 0.211. The van der Waals surface area contributed by atoms with E-state index in [0.29, 0.717) is 6.54 Å². The zero-order chi connectivity index (χ0) is 16.2. The van der Waals surface area contributed by atoms with Crippen LogP contribution in [-0.2, 0) is 4.79 Å². The highest BCUT2D eigenvalue weighted by Gasteiger charge is 2.28. The van der Waals surface area contributed by atoms with Crippen molar-refractivity contribution in [3.8, 4) is 0 Å². The molecule has 4 heteroatoms. The predicted octanol–water partition coefficient (Wildman–Crippen LogP) is 3.73. The van der Waals surface area contributed by atoms with Crippen LogP contribution in [0.15, 0.2) is 64.4 Å². The molecule has 1 amide bonds. The molecule has 0 aliphatic carbocycles. The highest BCUT2D eigenvalue weighted by molar-refractivity contribution is 8.04. The van der Waals surface area contributed by atoms with Gasteiger partial charge in [0, 0.05) is 18.0 Å². The third-order valence-electron chi connectivity index (χ3n) is 3.70. The number of thioether (sulfide) groups is 1. The molecule has 0 saturated heterocycles. The quantitative estimate of drug-likeness (QED) is 0.801. The highest BCUT2D eigenvalue weighted by atomic mass is 32.2. The Labute approximate surface area is 141 Å². The molecule has 1 aliphatic heterocycles. The fourth-order valence-corrected chi connectivity index (χ4v) is 3.54. The fourth-order valence-electron chi connectivity index (χ4n) is 2.48. The van der Waals surface area contributed by atoms with Gasteiger partial charge in [0.2, 0.25) is 0 Å². The van der Waals surface area contributed by atoms with Crippen LogP contribution in [-0.4, -0.2) is 38.0 Å². The van der Waals surface area contributed by atoms with Gasteiger partial charge >= 0.3 is 0 Å². The second-order valence-electron chi connectivity index (χ2n) is 5.75. The van der Waals surface area contributed by atoms with Crippen molar-refractivity contribution < 1.29 is 4.79 Å². The maximum Gasteiger partial charge on any atom is 0.265 e. The number of benzene rings is 2. The Bertz CT molecular complexity index is 725. The molecular formula is C19H20N2OS. The van der Waals surface area contributed by atoms with Crippen LogP contribution in [0, 0.1) is 0 Å². The molecule has 118 valence electrons. The van der Waals surface area contributed by atoms with Gasteiger partial charge in [-0.1, -0.05) is 54.2 Å². The van der Waals surface area contributed by atoms with Gasteiger partial charge in [-0.2, -0.15) is 0 Å². The van der Waals surface area contributed by atoms with Gasteiger partial charge in [-0.3, -0.25) is 4.79 Å². The average molecular weight is 324 g/mol. The van der Waals surface area contributed by atoms with Gasteiger partial charge in [0.1, 0.15) is 0 Å². The van der Waals surface area contributed by atoms with E-state index in [-0.39, 0.29) is 5.91 Å². The predicted molar refractivity (Wildman–Crippen MR) is 97.6 cm³/mol. The number of para-hydroxylation sites is 1. The number of fused-ring (bicyclic) bond motifs is 1. The molecule has 0 atom stereocenters. The Kier molecular flexibility index (Phi) is 4.84. The summed E-state index contributed by atoms with van der Waals surface area (Å²) in [7, 11) is 4.05. The van der Waals surface area contributed by atoms with Crippen LogP contribution < -0.4 is 4.90 Å². The van der Waals surface area contributed by atoms with Crippen LogP contribution in [0.1, 0.15) is 5.56 Å². The zero-order valence-electron chi connectivity index (χ0n) is 13.4. The molecule has 0 saturated carbocycles. The Hall–Kier alpha value is -2.04. The summed E-state index contributed by atoms with van der Waals surface area (Å²) >= 11 is 1.55. The van der Waals surface area contributed by atoms with Crippen molar-refractivity contribution in [3.63, 3.8) is 0 Å². The second-order valence-corrected chi connectivity index (χ2v) is 6.83. The summed E-state index contributed by atoms with van der Waals surface area (Å²) in [5.41, 5.74) is 2.06. The van der Waals surface area contributed by atoms with Crippen molar-refractivity contribution in [3.05, 3.63) is 65.1 Å². The molecule has 0 bridgehead atoms. The molecule has 0 aromatic heterocycles. The molecule has 23 heavy (non-hydrogen) atoms. The van der Waals surface area contributed by atoms with E-state index in [4.69, 9.17) is 0 Å². The Morgan fingerprint density at radius 2 is 1.74 bits per heavy atom. The third-order valence-corrected chi connectivity index (χ3v) is 4.78. The van der Waals surface area contributed by atoms with Crippen molar-refractivity contribution in [1.82, 2.24) is 4.90 Å². The van der Waals surface area contributed by atoms with E-state index in [9.17, 15) is 4.79 Å². The largest absolute Gasteiger partial charge is 0.308 e. The van der Waals surface area contributed by atoms with Crippen LogP contribution >= 0.6 is 11.8 Å². The van der Waals surface area contributed by atoms with Crippen molar-refractivity contribution in [2.75, 3.05) is 32.1 Å². The number of carbonyl (C=O) groups is 1. The summed E-state index contributed by atoms with van der Waals surface area (Å²) in [4.78, 5) is 18.8. The van der Waals surface area contributed by atoms with Crippen molar-refractivity contribution in [2.24, 2.45) is 0 Å². The minimum absolute atomic E-state index is 0.0828. The Balaban J connectivity index is 1.96. The van der Waals surface area contributed by atoms with Crippen molar-refractivity contribution in [2.45, 2.75) is 4.90 Å². The topological polar surface area (TPSA) is 23.6 Å². The van der Waals surface area contributed by atoms with Crippen LogP contribution in [0.5, 0.6) is 0 Å². The lowest BCUT2D eigenvalue weighted by atomic mass is 10.2. The summed E-state index contributed by atoms with van der Waals surface area (Å²) in [6, 6.07) is 18.1. The molecular weight excluding hydrogens is 304 g/mol. The van der Waals surface area contributed by atoms with Crippen LogP contribution in [0.3, 0.4) is 0 Å². The summed E-state index contributed by atoms with van der Waals surface area (Å²) < 4.78 is 0. The molecule has 2 aromatic carbocycles. The Morgan fingerprint density at radius 3 is 2.48 bits per heavy atom. The van der Waals surface area contributed by atoms with Gasteiger partial charge in [-0.15, -0.1) is 0 Å². The van der Waals surface area contributed by atoms with Gasteiger partial charge in [-0.05, 0) is 37.9 Å². The van der Waals surface area contributed by atoms with Crippen molar-refractivity contribution >= 4 is 29.4 Å². The second kappa shape index (κ2) is 7.02. The first-order chi connectivity index (χ1) is 11.1. The average Bonchev–Trinajstić information content (AvgIpc) is 2.56. The van der Waals surface area contributed by atoms with Gasteiger partial charge in [0.05, 0.1) is 10.6 Å². The number of hydrogen-bond acceptors (Lipinski definition) is 3. The first-order valence-electron chi connectivity index (χ1n) is 7.65. The van der Waals surface area contributed by atoms with Gasteiger partial charge in [-0.25, -0.2) is 0 Å². The number of carbonyl (C=O) groups excluding carboxylic acids is 1. The standard InChI is InChI=1S/C19H20N2OS/c1-20(2)12-13-21-16-10-6-7-11-17(16)23-18(19(21)22)14-15-8-4-3-5-9-15/h3-11,14H,12-13H2,1-2H3. The summed E-state index contributed by atoms with van der Waals surface area (Å²) in [5, 5.41) is 0. The van der Waals surface area contributed by atoms with Gasteiger partial charge in [0.25, 0.3) is 5.91 Å². The van der Waals surface area contributed by atoms with E-state index in [1.165, 1.54) is 0 Å². The van der Waals surface area contributed by atoms with Crippen molar-refractivity contribution in [1.29, 1.82) is 0 Å². The monoisotopic (exact) mass is 324 g/mol. The lowest BCUT2D eigenvalue weighted by Gasteiger charge is -2.31. The summed E-state index contributed by atoms with van der Waals surface area (Å²) in [6.45, 7) is 1.53. The molecule has 3 rings (SSSR count). The first kappa shape index (κ1) is 15.8. The zero-order valence-corrected chi connectivity index (χ0v) is 14.2. The summed E-state index contributed by atoms with van der Waals surface area (Å²) in [6.07, 6.45) is 1.98. The number of rotatable bonds is 4.